The molecule has 0 spiro atoms. The number of carbonyl (C=O) groups is 6. The average Bonchev–Trinajstić information content (AvgIpc) is 3.16. The summed E-state index contributed by atoms with van der Waals surface area (Å²) in [5.74, 6) is -3.96. The van der Waals surface area contributed by atoms with Crippen LogP contribution in [-0.4, -0.2) is 92.7 Å². The van der Waals surface area contributed by atoms with Gasteiger partial charge in [-0.25, -0.2) is 4.79 Å². The van der Waals surface area contributed by atoms with Crippen LogP contribution in [-0.2, 0) is 36.8 Å². The summed E-state index contributed by atoms with van der Waals surface area (Å²) in [5, 5.41) is 38.9. The van der Waals surface area contributed by atoms with E-state index in [2.05, 4.69) is 26.3 Å². The van der Waals surface area contributed by atoms with Crippen LogP contribution >= 0.6 is 11.8 Å². The Kier molecular flexibility index (Phi) is 18.0. The Balaban J connectivity index is 1.81. The molecule has 4 amide bonds. The number of aromatic hydroxyl groups is 2. The van der Waals surface area contributed by atoms with Gasteiger partial charge < -0.3 is 53.8 Å². The van der Waals surface area contributed by atoms with Gasteiger partial charge in [-0.3, -0.25) is 29.0 Å². The lowest BCUT2D eigenvalue weighted by atomic mass is 10.0. The quantitative estimate of drug-likeness (QED) is 0.0314. The zero-order valence-corrected chi connectivity index (χ0v) is 33.3. The molecule has 0 heterocycles. The number of thioether (sulfide) groups is 1. The molecule has 0 bridgehead atoms. The molecule has 0 unspecified atom stereocenters. The molecular formula is C40H52N8O9S. The normalized spacial score (nSPS) is 13.5. The second kappa shape index (κ2) is 22.6. The van der Waals surface area contributed by atoms with Gasteiger partial charge in [-0.1, -0.05) is 38.1 Å². The topological polar surface area (TPSA) is 302 Å². The van der Waals surface area contributed by atoms with E-state index >= 15 is 0 Å². The van der Waals surface area contributed by atoms with Crippen molar-refractivity contribution in [1.29, 1.82) is 0 Å². The number of carboxylic acid groups (broad SMARTS) is 1. The van der Waals surface area contributed by atoms with Crippen LogP contribution in [0.3, 0.4) is 0 Å². The molecule has 0 aliphatic carbocycles. The second-order valence-corrected chi connectivity index (χ2v) is 15.2. The summed E-state index contributed by atoms with van der Waals surface area (Å²) in [4.78, 5) is 83.5. The Morgan fingerprint density at radius 3 is 1.69 bits per heavy atom. The molecule has 312 valence electrons. The zero-order valence-electron chi connectivity index (χ0n) is 32.5. The highest BCUT2D eigenvalue weighted by molar-refractivity contribution is 8.13. The molecule has 17 nitrogen and oxygen atoms in total. The van der Waals surface area contributed by atoms with Crippen molar-refractivity contribution in [2.75, 3.05) is 6.54 Å². The lowest BCUT2D eigenvalue weighted by Gasteiger charge is -2.26. The molecule has 0 saturated carbocycles. The molecule has 0 aliphatic rings. The smallest absolute Gasteiger partial charge is 0.335 e. The minimum Gasteiger partial charge on any atom is -0.508 e. The van der Waals surface area contributed by atoms with Crippen LogP contribution in [0, 0.1) is 5.92 Å². The standard InChI is InChI=1S/C40H52N8O9S/c1-22(2)19-30(41)35(52)47-32(20-24-6-12-27(49)13-7-24)37(54)46-31(5-4-18-44-40(42)43)36(53)45-23(3)34(51)48-33(21-25-8-14-28(50)15-9-25)39(57)58-29-16-10-26(11-17-29)38(55)56/h6-17,22-23,30-33,49-50H,4-5,18-21,41H2,1-3H3,(H,45,53)(H,46,54)(H,47,52)(H,48,51)(H,55,56)(H4,42,43,44)/t23-,30-,31-,32-,33-/m0/s1. The molecule has 58 heavy (non-hydrogen) atoms. The lowest BCUT2D eigenvalue weighted by molar-refractivity contribution is -0.134. The number of nitrogens with one attached hydrogen (secondary N) is 4. The summed E-state index contributed by atoms with van der Waals surface area (Å²) in [6.45, 7) is 5.32. The van der Waals surface area contributed by atoms with Gasteiger partial charge >= 0.3 is 5.97 Å². The molecule has 5 atom stereocenters. The molecule has 3 aromatic carbocycles. The van der Waals surface area contributed by atoms with Crippen molar-refractivity contribution in [2.24, 2.45) is 28.1 Å². The van der Waals surface area contributed by atoms with Gasteiger partial charge in [0.05, 0.1) is 11.6 Å². The van der Waals surface area contributed by atoms with E-state index in [4.69, 9.17) is 17.2 Å². The summed E-state index contributed by atoms with van der Waals surface area (Å²) >= 11 is 0.790. The average molecular weight is 821 g/mol. The fourth-order valence-corrected chi connectivity index (χ4v) is 6.39. The number of hydrogen-bond donors (Lipinski definition) is 10. The van der Waals surface area contributed by atoms with Crippen LogP contribution in [0.15, 0.2) is 82.7 Å². The molecule has 0 fully saturated rings. The van der Waals surface area contributed by atoms with Crippen LogP contribution in [0.2, 0.25) is 0 Å². The summed E-state index contributed by atoms with van der Waals surface area (Å²) in [6, 6.07) is 12.0. The monoisotopic (exact) mass is 820 g/mol. The molecule has 3 aromatic rings. The number of carboxylic acids is 1. The fourth-order valence-electron chi connectivity index (χ4n) is 5.61. The summed E-state index contributed by atoms with van der Waals surface area (Å²) < 4.78 is 0. The zero-order chi connectivity index (χ0) is 42.9. The third-order valence-corrected chi connectivity index (χ3v) is 9.69. The molecule has 0 aliphatic heterocycles. The SMILES string of the molecule is CC(C)C[C@H](N)C(=O)N[C@@H](Cc1ccc(O)cc1)C(=O)N[C@@H](CCCN=C(N)N)C(=O)N[C@@H](C)C(=O)N[C@@H](Cc1ccc(O)cc1)C(=O)Sc1ccc(C(=O)O)cc1. The molecule has 18 heteroatoms. The van der Waals surface area contributed by atoms with Gasteiger partial charge in [0.25, 0.3) is 0 Å². The molecular weight excluding hydrogens is 769 g/mol. The molecule has 13 N–H and O–H groups in total. The third-order valence-electron chi connectivity index (χ3n) is 8.70. The lowest BCUT2D eigenvalue weighted by Crippen LogP contribution is -2.58. The Morgan fingerprint density at radius 1 is 0.672 bits per heavy atom. The van der Waals surface area contributed by atoms with E-state index in [-0.39, 0.29) is 61.2 Å². The second-order valence-electron chi connectivity index (χ2n) is 14.1. The van der Waals surface area contributed by atoms with Crippen LogP contribution in [0.5, 0.6) is 11.5 Å². The number of aromatic carboxylic acids is 1. The van der Waals surface area contributed by atoms with E-state index < -0.39 is 64.9 Å². The summed E-state index contributed by atoms with van der Waals surface area (Å²) in [5.41, 5.74) is 18.3. The highest BCUT2D eigenvalue weighted by Gasteiger charge is 2.31. The molecule has 0 saturated heterocycles. The van der Waals surface area contributed by atoms with E-state index in [9.17, 15) is 44.1 Å². The van der Waals surface area contributed by atoms with Crippen LogP contribution in [0.1, 0.15) is 61.5 Å². The number of amides is 4. The minimum absolute atomic E-state index is 0.00333. The van der Waals surface area contributed by atoms with Crippen molar-refractivity contribution in [3.63, 3.8) is 0 Å². The van der Waals surface area contributed by atoms with Crippen molar-refractivity contribution in [2.45, 2.75) is 88.0 Å². The number of hydrogen-bond acceptors (Lipinski definition) is 11. The number of benzene rings is 3. The van der Waals surface area contributed by atoms with Crippen LogP contribution in [0.25, 0.3) is 0 Å². The Morgan fingerprint density at radius 2 is 1.17 bits per heavy atom. The van der Waals surface area contributed by atoms with Gasteiger partial charge in [0, 0.05) is 24.3 Å². The Hall–Kier alpha value is -6.14. The number of nitrogens with zero attached hydrogens (tertiary/aromatic N) is 1. The van der Waals surface area contributed by atoms with Gasteiger partial charge in [-0.15, -0.1) is 0 Å². The highest BCUT2D eigenvalue weighted by atomic mass is 32.2. The number of aliphatic imine (C=N–C) groups is 1. The van der Waals surface area contributed by atoms with Crippen LogP contribution in [0.4, 0.5) is 0 Å². The number of carbonyl (C=O) groups excluding carboxylic acids is 5. The van der Waals surface area contributed by atoms with Crippen molar-refractivity contribution in [1.82, 2.24) is 21.3 Å². The van der Waals surface area contributed by atoms with Gasteiger partial charge in [0.15, 0.2) is 5.96 Å². The maximum absolute atomic E-state index is 13.9. The van der Waals surface area contributed by atoms with Gasteiger partial charge in [0.2, 0.25) is 28.7 Å². The predicted octanol–water partition coefficient (Wildman–Crippen LogP) is 1.29. The van der Waals surface area contributed by atoms with E-state index in [1.165, 1.54) is 55.5 Å². The first kappa shape index (κ1) is 46.2. The molecule has 3 rings (SSSR count). The largest absolute Gasteiger partial charge is 0.508 e. The van der Waals surface area contributed by atoms with Crippen molar-refractivity contribution < 1.29 is 44.1 Å². The van der Waals surface area contributed by atoms with Gasteiger partial charge in [-0.05, 0) is 104 Å². The van der Waals surface area contributed by atoms with E-state index in [0.717, 1.165) is 11.8 Å². The molecule has 0 radical (unpaired) electrons. The Labute approximate surface area is 340 Å². The first-order valence-electron chi connectivity index (χ1n) is 18.5. The van der Waals surface area contributed by atoms with Crippen molar-refractivity contribution in [3.05, 3.63) is 89.5 Å². The van der Waals surface area contributed by atoms with Crippen molar-refractivity contribution in [3.8, 4) is 11.5 Å². The van der Waals surface area contributed by atoms with E-state index in [0.29, 0.717) is 22.4 Å². The maximum Gasteiger partial charge on any atom is 0.335 e. The molecule has 0 aromatic heterocycles. The predicted molar refractivity (Wildman–Crippen MR) is 219 cm³/mol. The summed E-state index contributed by atoms with van der Waals surface area (Å²) in [6.07, 6.45) is 0.624. The number of phenols is 2. The first-order chi connectivity index (χ1) is 27.4. The number of guanidine groups is 1. The third kappa shape index (κ3) is 15.8. The van der Waals surface area contributed by atoms with Crippen LogP contribution < -0.4 is 38.5 Å². The highest BCUT2D eigenvalue weighted by Crippen LogP contribution is 2.23. The Bertz CT molecular complexity index is 1900. The summed E-state index contributed by atoms with van der Waals surface area (Å²) in [7, 11) is 0. The minimum atomic E-state index is -1.24. The van der Waals surface area contributed by atoms with Gasteiger partial charge in [-0.2, -0.15) is 0 Å². The fraction of sp³-hybridized carbons (Fsp3) is 0.375. The number of nitrogens with two attached hydrogens (primary N) is 3. The number of phenolic OH excluding ortho intramolecular Hbond substituents is 2. The first-order valence-corrected chi connectivity index (χ1v) is 19.4. The van der Waals surface area contributed by atoms with E-state index in [1.807, 2.05) is 13.8 Å². The number of rotatable bonds is 21. The van der Waals surface area contributed by atoms with Crippen molar-refractivity contribution >= 4 is 52.4 Å². The van der Waals surface area contributed by atoms with E-state index in [1.54, 1.807) is 24.3 Å². The maximum atomic E-state index is 13.9. The van der Waals surface area contributed by atoms with Gasteiger partial charge in [0.1, 0.15) is 35.7 Å².